The molecule has 0 aliphatic rings. The van der Waals surface area contributed by atoms with Crippen LogP contribution in [0.5, 0.6) is 0 Å². The Labute approximate surface area is 276 Å². The lowest BCUT2D eigenvalue weighted by atomic mass is 10.0. The number of phosphoric acid groups is 1. The Balaban J connectivity index is 4.47. The number of amides is 1. The number of carbonyl (C=O) groups excluding carboxylic acids is 1. The van der Waals surface area contributed by atoms with E-state index >= 15 is 0 Å². The average molecular weight is 663 g/mol. The molecule has 9 nitrogen and oxygen atoms in total. The Morgan fingerprint density at radius 1 is 0.756 bits per heavy atom. The van der Waals surface area contributed by atoms with E-state index in [9.17, 15) is 24.5 Å². The molecule has 268 valence electrons. The molecule has 4 unspecified atom stereocenters. The third kappa shape index (κ3) is 30.3. The van der Waals surface area contributed by atoms with Crippen molar-refractivity contribution in [3.05, 3.63) is 12.2 Å². The Morgan fingerprint density at radius 3 is 1.71 bits per heavy atom. The van der Waals surface area contributed by atoms with Crippen LogP contribution in [-0.2, 0) is 18.4 Å². The number of nitrogens with two attached hydrogens (primary N) is 1. The number of aliphatic hydroxyl groups excluding tert-OH is 2. The maximum absolute atomic E-state index is 12.7. The molecule has 0 saturated heterocycles. The maximum atomic E-state index is 12.7. The van der Waals surface area contributed by atoms with Crippen molar-refractivity contribution in [3.8, 4) is 0 Å². The molecule has 0 fully saturated rings. The Bertz CT molecular complexity index is 741. The second-order valence-electron chi connectivity index (χ2n) is 12.6. The van der Waals surface area contributed by atoms with Crippen LogP contribution in [0.1, 0.15) is 168 Å². The fraction of sp³-hybridized carbons (Fsp3) is 0.914. The second kappa shape index (κ2) is 31.8. The van der Waals surface area contributed by atoms with Gasteiger partial charge in [0, 0.05) is 6.54 Å². The van der Waals surface area contributed by atoms with Gasteiger partial charge in [0.2, 0.25) is 5.91 Å². The summed E-state index contributed by atoms with van der Waals surface area (Å²) in [6, 6.07) is -0.974. The van der Waals surface area contributed by atoms with E-state index in [1.165, 1.54) is 103 Å². The summed E-state index contributed by atoms with van der Waals surface area (Å²) in [6.07, 6.45) is 28.6. The molecule has 0 heterocycles. The number of phosphoric ester groups is 1. The molecule has 0 aromatic rings. The Morgan fingerprint density at radius 2 is 1.22 bits per heavy atom. The highest BCUT2D eigenvalue weighted by atomic mass is 31.2. The lowest BCUT2D eigenvalue weighted by Crippen LogP contribution is -2.46. The lowest BCUT2D eigenvalue weighted by molar-refractivity contribution is -0.124. The first-order valence-corrected chi connectivity index (χ1v) is 19.9. The highest BCUT2D eigenvalue weighted by Crippen LogP contribution is 2.43. The summed E-state index contributed by atoms with van der Waals surface area (Å²) in [5.41, 5.74) is 5.33. The first kappa shape index (κ1) is 44.2. The fourth-order valence-corrected chi connectivity index (χ4v) is 6.11. The number of nitrogens with one attached hydrogen (secondary N) is 1. The number of rotatable bonds is 34. The number of carbonyl (C=O) groups is 1. The normalized spacial score (nSPS) is 15.2. The molecule has 0 aromatic carbocycles. The van der Waals surface area contributed by atoms with Gasteiger partial charge in [0.15, 0.2) is 0 Å². The molecule has 0 spiro atoms. The van der Waals surface area contributed by atoms with Crippen LogP contribution in [0.15, 0.2) is 12.2 Å². The van der Waals surface area contributed by atoms with Gasteiger partial charge >= 0.3 is 7.82 Å². The van der Waals surface area contributed by atoms with Crippen LogP contribution in [0.25, 0.3) is 0 Å². The molecule has 45 heavy (non-hydrogen) atoms. The summed E-state index contributed by atoms with van der Waals surface area (Å²) in [4.78, 5) is 22.6. The molecule has 0 radical (unpaired) electrons. The van der Waals surface area contributed by atoms with E-state index in [4.69, 9.17) is 14.8 Å². The van der Waals surface area contributed by atoms with Crippen molar-refractivity contribution in [2.45, 2.75) is 186 Å². The van der Waals surface area contributed by atoms with Gasteiger partial charge in [-0.1, -0.05) is 154 Å². The third-order valence-electron chi connectivity index (χ3n) is 8.17. The van der Waals surface area contributed by atoms with Gasteiger partial charge in [-0.15, -0.1) is 0 Å². The summed E-state index contributed by atoms with van der Waals surface area (Å²) >= 11 is 0. The van der Waals surface area contributed by atoms with Crippen LogP contribution < -0.4 is 11.1 Å². The highest BCUT2D eigenvalue weighted by Gasteiger charge is 2.27. The van der Waals surface area contributed by atoms with Gasteiger partial charge in [-0.05, 0) is 19.3 Å². The van der Waals surface area contributed by atoms with Gasteiger partial charge < -0.3 is 26.2 Å². The zero-order valence-corrected chi connectivity index (χ0v) is 29.9. The van der Waals surface area contributed by atoms with Crippen LogP contribution in [0.3, 0.4) is 0 Å². The molecule has 0 aliphatic carbocycles. The quantitative estimate of drug-likeness (QED) is 0.0263. The molecule has 4 atom stereocenters. The van der Waals surface area contributed by atoms with Crippen molar-refractivity contribution in [2.24, 2.45) is 5.73 Å². The standard InChI is InChI=1S/C35H71N2O7P/c1-3-5-7-9-11-13-15-17-19-21-23-25-27-34(39)33(31-44-45(41,42)43-29-28-36)37-35(40)30-32(38)26-24-22-20-18-16-14-12-10-8-6-4-2/h25,27,32-34,38-39H,3-24,26,28-31,36H2,1-2H3,(H,37,40)(H,41,42)/b27-25+. The van der Waals surface area contributed by atoms with Crippen molar-refractivity contribution < 1.29 is 33.5 Å². The molecule has 1 amide bonds. The van der Waals surface area contributed by atoms with E-state index < -0.39 is 38.6 Å². The summed E-state index contributed by atoms with van der Waals surface area (Å²) in [6.45, 7) is 3.94. The zero-order valence-electron chi connectivity index (χ0n) is 29.0. The third-order valence-corrected chi connectivity index (χ3v) is 9.15. The van der Waals surface area contributed by atoms with Crippen LogP contribution in [-0.4, -0.2) is 59.0 Å². The van der Waals surface area contributed by atoms with Crippen LogP contribution in [0.2, 0.25) is 0 Å². The highest BCUT2D eigenvalue weighted by molar-refractivity contribution is 7.47. The van der Waals surface area contributed by atoms with E-state index in [-0.39, 0.29) is 19.6 Å². The van der Waals surface area contributed by atoms with Crippen molar-refractivity contribution in [3.63, 3.8) is 0 Å². The number of hydrogen-bond donors (Lipinski definition) is 5. The molecular formula is C35H71N2O7P. The first-order valence-electron chi connectivity index (χ1n) is 18.4. The molecule has 0 aromatic heterocycles. The lowest BCUT2D eigenvalue weighted by Gasteiger charge is -2.24. The minimum atomic E-state index is -4.38. The minimum absolute atomic E-state index is 0.0510. The topological polar surface area (TPSA) is 151 Å². The monoisotopic (exact) mass is 662 g/mol. The van der Waals surface area contributed by atoms with E-state index in [1.54, 1.807) is 6.08 Å². The van der Waals surface area contributed by atoms with Gasteiger partial charge in [-0.2, -0.15) is 0 Å². The number of unbranched alkanes of at least 4 members (excludes halogenated alkanes) is 20. The fourth-order valence-electron chi connectivity index (χ4n) is 5.35. The van der Waals surface area contributed by atoms with Gasteiger partial charge in [0.05, 0.1) is 37.9 Å². The van der Waals surface area contributed by atoms with Crippen molar-refractivity contribution in [2.75, 3.05) is 19.8 Å². The number of hydrogen-bond acceptors (Lipinski definition) is 7. The van der Waals surface area contributed by atoms with Crippen LogP contribution in [0.4, 0.5) is 0 Å². The van der Waals surface area contributed by atoms with Gasteiger partial charge in [-0.3, -0.25) is 13.8 Å². The number of allylic oxidation sites excluding steroid dienone is 1. The molecule has 0 rings (SSSR count). The summed E-state index contributed by atoms with van der Waals surface area (Å²) in [5, 5.41) is 23.9. The number of aliphatic hydroxyl groups is 2. The minimum Gasteiger partial charge on any atom is -0.393 e. The first-order chi connectivity index (χ1) is 21.8. The predicted molar refractivity (Wildman–Crippen MR) is 186 cm³/mol. The van der Waals surface area contributed by atoms with Crippen molar-refractivity contribution in [1.29, 1.82) is 0 Å². The SMILES string of the molecule is CCCCCCCCCCCC/C=C/C(O)C(COP(=O)(O)OCCN)NC(=O)CC(O)CCCCCCCCCCCCC. The smallest absolute Gasteiger partial charge is 0.393 e. The Hall–Kier alpha value is -0.800. The van der Waals surface area contributed by atoms with Crippen molar-refractivity contribution >= 4 is 13.7 Å². The predicted octanol–water partition coefficient (Wildman–Crippen LogP) is 8.24. The molecule has 0 saturated carbocycles. The maximum Gasteiger partial charge on any atom is 0.472 e. The second-order valence-corrected chi connectivity index (χ2v) is 14.1. The van der Waals surface area contributed by atoms with E-state index in [2.05, 4.69) is 19.2 Å². The zero-order chi connectivity index (χ0) is 33.4. The summed E-state index contributed by atoms with van der Waals surface area (Å²) in [7, 11) is -4.38. The molecule has 0 aliphatic heterocycles. The largest absolute Gasteiger partial charge is 0.472 e. The van der Waals surface area contributed by atoms with E-state index in [1.807, 2.05) is 6.08 Å². The van der Waals surface area contributed by atoms with Gasteiger partial charge in [0.1, 0.15) is 0 Å². The molecular weight excluding hydrogens is 591 g/mol. The van der Waals surface area contributed by atoms with E-state index in [0.717, 1.165) is 38.5 Å². The van der Waals surface area contributed by atoms with Crippen LogP contribution in [0, 0.1) is 0 Å². The summed E-state index contributed by atoms with van der Waals surface area (Å²) < 4.78 is 21.9. The molecule has 0 bridgehead atoms. The molecule has 10 heteroatoms. The van der Waals surface area contributed by atoms with E-state index in [0.29, 0.717) is 6.42 Å². The summed E-state index contributed by atoms with van der Waals surface area (Å²) in [5.74, 6) is -0.447. The Kier molecular flexibility index (Phi) is 31.2. The van der Waals surface area contributed by atoms with Gasteiger partial charge in [0.25, 0.3) is 0 Å². The van der Waals surface area contributed by atoms with Crippen molar-refractivity contribution in [1.82, 2.24) is 5.32 Å². The average Bonchev–Trinajstić information content (AvgIpc) is 3.01. The molecule has 6 N–H and O–H groups in total. The van der Waals surface area contributed by atoms with Gasteiger partial charge in [-0.25, -0.2) is 4.57 Å². The van der Waals surface area contributed by atoms with Crippen LogP contribution >= 0.6 is 7.82 Å².